The topological polar surface area (TPSA) is 85.0 Å². The molecule has 34 heavy (non-hydrogen) atoms. The van der Waals surface area contributed by atoms with Crippen LogP contribution in [-0.2, 0) is 6.54 Å². The van der Waals surface area contributed by atoms with Gasteiger partial charge in [-0.25, -0.2) is 19.1 Å². The van der Waals surface area contributed by atoms with Gasteiger partial charge in [-0.1, -0.05) is 50.3 Å². The van der Waals surface area contributed by atoms with Gasteiger partial charge in [-0.15, -0.1) is 5.10 Å². The van der Waals surface area contributed by atoms with Crippen LogP contribution < -0.4 is 0 Å². The maximum atomic E-state index is 12.9. The molecule has 178 valence electrons. The van der Waals surface area contributed by atoms with Crippen molar-refractivity contribution in [1.29, 1.82) is 0 Å². The Hall–Kier alpha value is -3.23. The first-order valence-electron chi connectivity index (χ1n) is 12.2. The van der Waals surface area contributed by atoms with E-state index >= 15 is 0 Å². The lowest BCUT2D eigenvalue weighted by Crippen LogP contribution is -2.67. The quantitative estimate of drug-likeness (QED) is 0.595. The van der Waals surface area contributed by atoms with Crippen LogP contribution in [0, 0.1) is 10.8 Å². The molecule has 0 unspecified atom stereocenters. The van der Waals surface area contributed by atoms with Gasteiger partial charge in [0.15, 0.2) is 0 Å². The normalized spacial score (nSPS) is 20.2. The number of hydrogen-bond donors (Lipinski definition) is 0. The Morgan fingerprint density at radius 1 is 1.09 bits per heavy atom. The number of aromatic nitrogens is 6. The van der Waals surface area contributed by atoms with Crippen molar-refractivity contribution in [3.05, 3.63) is 48.7 Å². The van der Waals surface area contributed by atoms with E-state index in [4.69, 9.17) is 0 Å². The van der Waals surface area contributed by atoms with Crippen LogP contribution in [0.2, 0.25) is 0 Å². The van der Waals surface area contributed by atoms with Gasteiger partial charge < -0.3 is 9.80 Å². The van der Waals surface area contributed by atoms with Crippen molar-refractivity contribution in [3.8, 4) is 11.3 Å². The molecule has 1 aromatic carbocycles. The predicted molar refractivity (Wildman–Crippen MR) is 127 cm³/mol. The molecule has 1 spiro atoms. The van der Waals surface area contributed by atoms with Gasteiger partial charge in [0.25, 0.3) is 0 Å². The Morgan fingerprint density at radius 3 is 2.47 bits per heavy atom. The van der Waals surface area contributed by atoms with Crippen LogP contribution in [-0.4, -0.2) is 71.8 Å². The second-order valence-corrected chi connectivity index (χ2v) is 11.6. The molecule has 2 aromatic heterocycles. The minimum atomic E-state index is 0.137. The van der Waals surface area contributed by atoms with E-state index in [1.165, 1.54) is 5.56 Å². The molecule has 0 bridgehead atoms. The molecule has 9 nitrogen and oxygen atoms in total. The largest absolute Gasteiger partial charge is 0.323 e. The van der Waals surface area contributed by atoms with Crippen molar-refractivity contribution in [2.45, 2.75) is 52.1 Å². The number of rotatable bonds is 4. The Kier molecular flexibility index (Phi) is 4.79. The standard InChI is InChI=1S/C25H32N8O/c1-24(2,3)13-32-22(10-27-29-32)19-6-4-18(5-7-19)20-11-30(12-20)23(34)31-14-25(15-31)8-21(9-25)33-17-26-16-28-33/h4-7,10,16-17,20-21H,8-9,11-15H2,1-3H3. The molecule has 0 atom stereocenters. The summed E-state index contributed by atoms with van der Waals surface area (Å²) in [5.74, 6) is 0.409. The summed E-state index contributed by atoms with van der Waals surface area (Å²) >= 11 is 0. The Bertz CT molecular complexity index is 1160. The number of benzene rings is 1. The van der Waals surface area contributed by atoms with Crippen LogP contribution >= 0.6 is 0 Å². The molecule has 2 aliphatic heterocycles. The van der Waals surface area contributed by atoms with E-state index in [1.807, 2.05) is 25.4 Å². The highest BCUT2D eigenvalue weighted by Crippen LogP contribution is 2.54. The Labute approximate surface area is 199 Å². The van der Waals surface area contributed by atoms with Crippen molar-refractivity contribution in [2.75, 3.05) is 26.2 Å². The van der Waals surface area contributed by atoms with Gasteiger partial charge in [0.2, 0.25) is 0 Å². The van der Waals surface area contributed by atoms with Gasteiger partial charge >= 0.3 is 6.03 Å². The summed E-state index contributed by atoms with van der Waals surface area (Å²) < 4.78 is 3.94. The second kappa shape index (κ2) is 7.65. The van der Waals surface area contributed by atoms with Crippen LogP contribution in [0.25, 0.3) is 11.3 Å². The van der Waals surface area contributed by atoms with Crippen LogP contribution in [0.1, 0.15) is 51.1 Å². The molecule has 0 N–H and O–H groups in total. The third kappa shape index (κ3) is 3.76. The summed E-state index contributed by atoms with van der Waals surface area (Å²) in [5.41, 5.74) is 3.90. The number of carbonyl (C=O) groups is 1. The fourth-order valence-corrected chi connectivity index (χ4v) is 5.71. The lowest BCUT2D eigenvalue weighted by atomic mass is 9.61. The van der Waals surface area contributed by atoms with E-state index < -0.39 is 0 Å². The van der Waals surface area contributed by atoms with Gasteiger partial charge in [0.1, 0.15) is 12.7 Å². The maximum Gasteiger partial charge on any atom is 0.320 e. The smallest absolute Gasteiger partial charge is 0.320 e. The second-order valence-electron chi connectivity index (χ2n) is 11.6. The van der Waals surface area contributed by atoms with E-state index in [0.717, 1.165) is 56.8 Å². The van der Waals surface area contributed by atoms with E-state index in [-0.39, 0.29) is 11.4 Å². The van der Waals surface area contributed by atoms with E-state index in [2.05, 4.69) is 65.4 Å². The molecule has 0 radical (unpaired) electrons. The number of carbonyl (C=O) groups excluding carboxylic acids is 1. The maximum absolute atomic E-state index is 12.9. The molecule has 4 heterocycles. The summed E-state index contributed by atoms with van der Waals surface area (Å²) in [6, 6.07) is 9.32. The molecule has 3 fully saturated rings. The highest BCUT2D eigenvalue weighted by atomic mass is 16.2. The zero-order valence-corrected chi connectivity index (χ0v) is 20.1. The third-order valence-corrected chi connectivity index (χ3v) is 7.54. The summed E-state index contributed by atoms with van der Waals surface area (Å²) in [7, 11) is 0. The zero-order chi connectivity index (χ0) is 23.5. The first-order chi connectivity index (χ1) is 16.3. The molecule has 1 saturated carbocycles. The SMILES string of the molecule is CC(C)(C)Cn1nncc1-c1ccc(C2CN(C(=O)N3CC4(CC(n5cncn5)C4)C3)C2)cc1. The molecule has 3 aliphatic rings. The van der Waals surface area contributed by atoms with Crippen LogP contribution in [0.4, 0.5) is 4.79 Å². The first kappa shape index (κ1) is 21.3. The van der Waals surface area contributed by atoms with Crippen molar-refractivity contribution < 1.29 is 4.79 Å². The average molecular weight is 461 g/mol. The predicted octanol–water partition coefficient (Wildman–Crippen LogP) is 3.44. The zero-order valence-electron chi connectivity index (χ0n) is 20.1. The fraction of sp³-hybridized carbons (Fsp3) is 0.560. The minimum absolute atomic E-state index is 0.137. The van der Waals surface area contributed by atoms with Crippen molar-refractivity contribution in [2.24, 2.45) is 10.8 Å². The molecular weight excluding hydrogens is 428 g/mol. The van der Waals surface area contributed by atoms with Gasteiger partial charge in [-0.3, -0.25) is 0 Å². The van der Waals surface area contributed by atoms with Gasteiger partial charge in [-0.05, 0) is 23.8 Å². The van der Waals surface area contributed by atoms with Crippen LogP contribution in [0.5, 0.6) is 0 Å². The van der Waals surface area contributed by atoms with Crippen LogP contribution in [0.15, 0.2) is 43.1 Å². The summed E-state index contributed by atoms with van der Waals surface area (Å²) in [4.78, 5) is 20.9. The van der Waals surface area contributed by atoms with Gasteiger partial charge in [0, 0.05) is 49.6 Å². The number of amides is 2. The van der Waals surface area contributed by atoms with Gasteiger partial charge in [0.05, 0.1) is 17.9 Å². The molecule has 6 rings (SSSR count). The molecular formula is C25H32N8O. The van der Waals surface area contributed by atoms with Crippen molar-refractivity contribution in [3.63, 3.8) is 0 Å². The van der Waals surface area contributed by atoms with Crippen LogP contribution in [0.3, 0.4) is 0 Å². The minimum Gasteiger partial charge on any atom is -0.323 e. The highest BCUT2D eigenvalue weighted by molar-refractivity contribution is 5.77. The molecule has 2 saturated heterocycles. The van der Waals surface area contributed by atoms with Gasteiger partial charge in [-0.2, -0.15) is 5.10 Å². The molecule has 3 aromatic rings. The lowest BCUT2D eigenvalue weighted by Gasteiger charge is -2.60. The summed E-state index contributed by atoms with van der Waals surface area (Å²) in [6.45, 7) is 10.8. The Balaban J connectivity index is 1.00. The monoisotopic (exact) mass is 460 g/mol. The average Bonchev–Trinajstić information content (AvgIpc) is 3.36. The lowest BCUT2D eigenvalue weighted by molar-refractivity contribution is -0.0771. The number of nitrogens with zero attached hydrogens (tertiary/aromatic N) is 8. The van der Waals surface area contributed by atoms with E-state index in [9.17, 15) is 4.79 Å². The summed E-state index contributed by atoms with van der Waals surface area (Å²) in [6.07, 6.45) is 7.41. The van der Waals surface area contributed by atoms with E-state index in [0.29, 0.717) is 17.4 Å². The van der Waals surface area contributed by atoms with Crippen molar-refractivity contribution in [1.82, 2.24) is 39.6 Å². The fourth-order valence-electron chi connectivity index (χ4n) is 5.71. The molecule has 2 amide bonds. The molecule has 9 heteroatoms. The first-order valence-corrected chi connectivity index (χ1v) is 12.2. The highest BCUT2D eigenvalue weighted by Gasteiger charge is 2.55. The Morgan fingerprint density at radius 2 is 1.82 bits per heavy atom. The molecule has 1 aliphatic carbocycles. The number of hydrogen-bond acceptors (Lipinski definition) is 5. The number of likely N-dealkylation sites (tertiary alicyclic amines) is 2. The number of urea groups is 1. The van der Waals surface area contributed by atoms with Crippen molar-refractivity contribution >= 4 is 6.03 Å². The third-order valence-electron chi connectivity index (χ3n) is 7.54. The summed E-state index contributed by atoms with van der Waals surface area (Å²) in [5, 5.41) is 12.6. The van der Waals surface area contributed by atoms with E-state index in [1.54, 1.807) is 12.7 Å².